The quantitative estimate of drug-likeness (QED) is 0.568. The highest BCUT2D eigenvalue weighted by atomic mass is 32.1. The molecule has 0 saturated heterocycles. The van der Waals surface area contributed by atoms with Crippen molar-refractivity contribution in [3.8, 4) is 0 Å². The van der Waals surface area contributed by atoms with Gasteiger partial charge < -0.3 is 5.32 Å². The monoisotopic (exact) mass is 207 g/mol. The lowest BCUT2D eigenvalue weighted by atomic mass is 9.71. The average Bonchev–Trinajstić information content (AvgIpc) is 2.19. The van der Waals surface area contributed by atoms with Gasteiger partial charge in [-0.2, -0.15) is 12.6 Å². The van der Waals surface area contributed by atoms with Gasteiger partial charge in [0, 0.05) is 11.0 Å². The lowest BCUT2D eigenvalue weighted by Gasteiger charge is -2.20. The van der Waals surface area contributed by atoms with Crippen LogP contribution in [0.15, 0.2) is 30.3 Å². The smallest absolute Gasteiger partial charge is 0.222 e. The number of benzene rings is 1. The molecule has 2 nitrogen and oxygen atoms in total. The zero-order valence-corrected chi connectivity index (χ0v) is 9.34. The van der Waals surface area contributed by atoms with Crippen LogP contribution in [0.2, 0.25) is 5.31 Å². The molecule has 1 amide bonds. The summed E-state index contributed by atoms with van der Waals surface area (Å²) in [5, 5.41) is 2.41. The Morgan fingerprint density at radius 1 is 1.50 bits per heavy atom. The number of nitrogens with one attached hydrogen (secondary N) is 1. The van der Waals surface area contributed by atoms with E-state index in [4.69, 9.17) is 0 Å². The molecule has 0 radical (unpaired) electrons. The summed E-state index contributed by atoms with van der Waals surface area (Å²) < 4.78 is 0. The molecule has 0 aliphatic heterocycles. The highest BCUT2D eigenvalue weighted by Crippen LogP contribution is 2.23. The van der Waals surface area contributed by atoms with E-state index in [-0.39, 0.29) is 5.91 Å². The molecule has 0 fully saturated rings. The van der Waals surface area contributed by atoms with Crippen LogP contribution in [0.5, 0.6) is 0 Å². The molecule has 1 N–H and O–H groups in total. The summed E-state index contributed by atoms with van der Waals surface area (Å²) in [4.78, 5) is 11.7. The standard InChI is InChI=1S/C10H14BNOS/c1-10(11,7-14)9(13)12-8-5-3-2-4-6-8/h2-6,14H,7,11H2,1H3,(H,12,13)/t10-/m1/s1. The molecule has 0 saturated carbocycles. The first-order valence-electron chi connectivity index (χ1n) is 4.53. The second kappa shape index (κ2) is 4.55. The van der Waals surface area contributed by atoms with Gasteiger partial charge in [0.05, 0.1) is 0 Å². The van der Waals surface area contributed by atoms with Crippen molar-refractivity contribution in [1.29, 1.82) is 0 Å². The zero-order chi connectivity index (χ0) is 10.6. The molecule has 0 aromatic heterocycles. The van der Waals surface area contributed by atoms with Crippen LogP contribution in [0.1, 0.15) is 6.92 Å². The topological polar surface area (TPSA) is 29.1 Å². The van der Waals surface area contributed by atoms with Crippen LogP contribution < -0.4 is 5.32 Å². The van der Waals surface area contributed by atoms with Crippen molar-refractivity contribution in [2.24, 2.45) is 0 Å². The van der Waals surface area contributed by atoms with Crippen LogP contribution in [-0.4, -0.2) is 19.5 Å². The van der Waals surface area contributed by atoms with E-state index in [0.717, 1.165) is 5.69 Å². The van der Waals surface area contributed by atoms with Gasteiger partial charge in [0.25, 0.3) is 0 Å². The van der Waals surface area contributed by atoms with Crippen molar-refractivity contribution in [2.75, 3.05) is 11.1 Å². The Balaban J connectivity index is 2.67. The minimum Gasteiger partial charge on any atom is -0.326 e. The van der Waals surface area contributed by atoms with Crippen molar-refractivity contribution in [3.05, 3.63) is 30.3 Å². The van der Waals surface area contributed by atoms with E-state index in [1.807, 2.05) is 45.1 Å². The van der Waals surface area contributed by atoms with Crippen molar-refractivity contribution in [2.45, 2.75) is 12.2 Å². The molecule has 1 rings (SSSR count). The van der Waals surface area contributed by atoms with Crippen molar-refractivity contribution in [3.63, 3.8) is 0 Å². The van der Waals surface area contributed by atoms with E-state index in [1.165, 1.54) is 0 Å². The lowest BCUT2D eigenvalue weighted by Crippen LogP contribution is -2.29. The highest BCUT2D eigenvalue weighted by molar-refractivity contribution is 7.80. The van der Waals surface area contributed by atoms with E-state index < -0.39 is 5.31 Å². The van der Waals surface area contributed by atoms with Gasteiger partial charge in [0.1, 0.15) is 7.85 Å². The summed E-state index contributed by atoms with van der Waals surface area (Å²) in [6.45, 7) is 1.87. The molecule has 14 heavy (non-hydrogen) atoms. The zero-order valence-electron chi connectivity index (χ0n) is 8.45. The van der Waals surface area contributed by atoms with Gasteiger partial charge in [-0.05, 0) is 17.9 Å². The van der Waals surface area contributed by atoms with Crippen molar-refractivity contribution >= 4 is 32.1 Å². The fourth-order valence-electron chi connectivity index (χ4n) is 0.894. The van der Waals surface area contributed by atoms with Crippen LogP contribution in [0.25, 0.3) is 0 Å². The number of para-hydroxylation sites is 1. The van der Waals surface area contributed by atoms with Gasteiger partial charge >= 0.3 is 0 Å². The Hall–Kier alpha value is -0.895. The van der Waals surface area contributed by atoms with E-state index in [2.05, 4.69) is 17.9 Å². The molecule has 0 spiro atoms. The summed E-state index contributed by atoms with van der Waals surface area (Å²) in [5.74, 6) is 0.532. The number of rotatable bonds is 3. The number of anilines is 1. The average molecular weight is 207 g/mol. The van der Waals surface area contributed by atoms with E-state index >= 15 is 0 Å². The third-order valence-corrected chi connectivity index (χ3v) is 2.83. The number of thiol groups is 1. The molecule has 0 aliphatic rings. The minimum absolute atomic E-state index is 0.00120. The van der Waals surface area contributed by atoms with Crippen molar-refractivity contribution < 1.29 is 4.79 Å². The maximum absolute atomic E-state index is 11.7. The molecule has 0 aliphatic carbocycles. The number of carbonyl (C=O) groups is 1. The van der Waals surface area contributed by atoms with Crippen LogP contribution in [0.3, 0.4) is 0 Å². The molecule has 0 bridgehead atoms. The minimum atomic E-state index is -0.432. The number of amides is 1. The maximum Gasteiger partial charge on any atom is 0.222 e. The molecular weight excluding hydrogens is 193 g/mol. The molecule has 0 unspecified atom stereocenters. The SMILES string of the molecule is B[C@](C)(CS)C(=O)Nc1ccccc1. The number of hydrogen-bond donors (Lipinski definition) is 2. The second-order valence-electron chi connectivity index (χ2n) is 3.86. The first-order chi connectivity index (χ1) is 6.56. The molecule has 4 heteroatoms. The first-order valence-corrected chi connectivity index (χ1v) is 5.17. The molecule has 1 aromatic rings. The Kier molecular flexibility index (Phi) is 3.64. The Morgan fingerprint density at radius 3 is 2.57 bits per heavy atom. The molecule has 0 heterocycles. The van der Waals surface area contributed by atoms with Crippen LogP contribution in [0.4, 0.5) is 5.69 Å². The predicted octanol–water partition coefficient (Wildman–Crippen LogP) is 1.37. The van der Waals surface area contributed by atoms with Gasteiger partial charge in [-0.1, -0.05) is 25.1 Å². The summed E-state index contributed by atoms with van der Waals surface area (Å²) in [6, 6.07) is 9.44. The van der Waals surface area contributed by atoms with Crippen LogP contribution in [-0.2, 0) is 4.79 Å². The van der Waals surface area contributed by atoms with E-state index in [0.29, 0.717) is 5.75 Å². The van der Waals surface area contributed by atoms with E-state index in [9.17, 15) is 4.79 Å². The van der Waals surface area contributed by atoms with Crippen LogP contribution >= 0.6 is 12.6 Å². The fourth-order valence-corrected chi connectivity index (χ4v) is 1.04. The van der Waals surface area contributed by atoms with Crippen LogP contribution in [0, 0.1) is 0 Å². The molecule has 1 atom stereocenters. The maximum atomic E-state index is 11.7. The lowest BCUT2D eigenvalue weighted by molar-refractivity contribution is -0.118. The fraction of sp³-hybridized carbons (Fsp3) is 0.300. The Labute approximate surface area is 90.9 Å². The van der Waals surface area contributed by atoms with Gasteiger partial charge in [0.15, 0.2) is 0 Å². The molecule has 1 aromatic carbocycles. The van der Waals surface area contributed by atoms with Gasteiger partial charge in [-0.25, -0.2) is 0 Å². The van der Waals surface area contributed by atoms with Gasteiger partial charge in [-0.3, -0.25) is 4.79 Å². The highest BCUT2D eigenvalue weighted by Gasteiger charge is 2.25. The first kappa shape index (κ1) is 11.2. The summed E-state index contributed by atoms with van der Waals surface area (Å²) >= 11 is 4.15. The summed E-state index contributed by atoms with van der Waals surface area (Å²) in [6.07, 6.45) is 0. The number of carbonyl (C=O) groups excluding carboxylic acids is 1. The van der Waals surface area contributed by atoms with E-state index in [1.54, 1.807) is 0 Å². The number of hydrogen-bond acceptors (Lipinski definition) is 2. The summed E-state index contributed by atoms with van der Waals surface area (Å²) in [5.41, 5.74) is 0.826. The molecular formula is C10H14BNOS. The molecule has 74 valence electrons. The van der Waals surface area contributed by atoms with Gasteiger partial charge in [-0.15, -0.1) is 0 Å². The third-order valence-electron chi connectivity index (χ3n) is 2.04. The summed E-state index contributed by atoms with van der Waals surface area (Å²) in [7, 11) is 1.87. The Bertz CT molecular complexity index is 313. The largest absolute Gasteiger partial charge is 0.326 e. The normalized spacial score (nSPS) is 14.4. The predicted molar refractivity (Wildman–Crippen MR) is 65.8 cm³/mol. The Morgan fingerprint density at radius 2 is 2.07 bits per heavy atom. The van der Waals surface area contributed by atoms with Gasteiger partial charge in [0.2, 0.25) is 5.91 Å². The second-order valence-corrected chi connectivity index (χ2v) is 4.18. The third kappa shape index (κ3) is 2.81. The van der Waals surface area contributed by atoms with Crippen molar-refractivity contribution in [1.82, 2.24) is 0 Å².